The highest BCUT2D eigenvalue weighted by Crippen LogP contribution is 2.23. The molecule has 0 saturated carbocycles. The number of anilines is 1. The molecule has 110 valence electrons. The van der Waals surface area contributed by atoms with Gasteiger partial charge in [0.05, 0.1) is 10.6 Å². The zero-order valence-corrected chi connectivity index (χ0v) is 12.5. The number of carboxylic acids is 1. The van der Waals surface area contributed by atoms with Gasteiger partial charge in [0.2, 0.25) is 5.91 Å². The van der Waals surface area contributed by atoms with Crippen LogP contribution in [0.4, 0.5) is 5.69 Å². The molecule has 1 aromatic rings. The van der Waals surface area contributed by atoms with E-state index in [-0.39, 0.29) is 34.4 Å². The third-order valence-corrected chi connectivity index (χ3v) is 3.31. The van der Waals surface area contributed by atoms with Crippen molar-refractivity contribution in [1.82, 2.24) is 0 Å². The molecule has 20 heavy (non-hydrogen) atoms. The normalized spacial score (nSPS) is 12.8. The van der Waals surface area contributed by atoms with E-state index in [2.05, 4.69) is 5.32 Å². The van der Waals surface area contributed by atoms with Crippen molar-refractivity contribution in [2.45, 2.75) is 33.2 Å². The minimum atomic E-state index is -1.11. The van der Waals surface area contributed by atoms with E-state index in [1.165, 1.54) is 18.2 Å². The number of aromatic carboxylic acids is 1. The van der Waals surface area contributed by atoms with Gasteiger partial charge >= 0.3 is 5.97 Å². The lowest BCUT2D eigenvalue weighted by Gasteiger charge is -2.26. The van der Waals surface area contributed by atoms with Crippen LogP contribution in [0.1, 0.15) is 37.6 Å². The Morgan fingerprint density at radius 2 is 2.00 bits per heavy atom. The number of rotatable bonds is 4. The zero-order valence-electron chi connectivity index (χ0n) is 11.7. The first-order valence-electron chi connectivity index (χ1n) is 6.19. The van der Waals surface area contributed by atoms with Crippen LogP contribution in [0.5, 0.6) is 0 Å². The first-order valence-corrected chi connectivity index (χ1v) is 6.57. The Hall–Kier alpha value is -1.59. The average Bonchev–Trinajstić information content (AvgIpc) is 2.26. The van der Waals surface area contributed by atoms with Gasteiger partial charge in [0.1, 0.15) is 0 Å². The first-order chi connectivity index (χ1) is 9.11. The maximum absolute atomic E-state index is 11.8. The van der Waals surface area contributed by atoms with Gasteiger partial charge < -0.3 is 16.2 Å². The quantitative estimate of drug-likeness (QED) is 0.797. The summed E-state index contributed by atoms with van der Waals surface area (Å²) < 4.78 is 0. The summed E-state index contributed by atoms with van der Waals surface area (Å²) in [6, 6.07) is 3.99. The van der Waals surface area contributed by atoms with Crippen LogP contribution in [0.2, 0.25) is 5.02 Å². The summed E-state index contributed by atoms with van der Waals surface area (Å²) in [5.74, 6) is -1.34. The van der Waals surface area contributed by atoms with Crippen LogP contribution >= 0.6 is 11.6 Å². The molecule has 1 atom stereocenters. The molecule has 0 fully saturated rings. The SMILES string of the molecule is CC(C)(C)C(N)CC(=O)Nc1ccc(C(=O)O)c(Cl)c1. The van der Waals surface area contributed by atoms with E-state index in [1.54, 1.807) is 0 Å². The fourth-order valence-corrected chi connectivity index (χ4v) is 1.75. The highest BCUT2D eigenvalue weighted by Gasteiger charge is 2.23. The Kier molecular flexibility index (Phi) is 5.14. The highest BCUT2D eigenvalue weighted by molar-refractivity contribution is 6.33. The van der Waals surface area contributed by atoms with Crippen molar-refractivity contribution in [1.29, 1.82) is 0 Å². The molecule has 1 amide bonds. The van der Waals surface area contributed by atoms with Gasteiger partial charge in [0, 0.05) is 18.2 Å². The van der Waals surface area contributed by atoms with Crippen LogP contribution in [0.3, 0.4) is 0 Å². The Morgan fingerprint density at radius 3 is 2.45 bits per heavy atom. The molecule has 6 heteroatoms. The van der Waals surface area contributed by atoms with Crippen molar-refractivity contribution in [3.8, 4) is 0 Å². The van der Waals surface area contributed by atoms with Gasteiger partial charge in [-0.05, 0) is 23.6 Å². The lowest BCUT2D eigenvalue weighted by atomic mass is 9.85. The Bertz CT molecular complexity index is 524. The van der Waals surface area contributed by atoms with Crippen LogP contribution in [-0.2, 0) is 4.79 Å². The molecule has 0 saturated heterocycles. The van der Waals surface area contributed by atoms with E-state index in [4.69, 9.17) is 22.4 Å². The van der Waals surface area contributed by atoms with E-state index in [1.807, 2.05) is 20.8 Å². The van der Waals surface area contributed by atoms with Gasteiger partial charge in [-0.2, -0.15) is 0 Å². The van der Waals surface area contributed by atoms with Gasteiger partial charge in [0.25, 0.3) is 0 Å². The van der Waals surface area contributed by atoms with Gasteiger partial charge in [-0.1, -0.05) is 32.4 Å². The number of nitrogens with two attached hydrogens (primary N) is 1. The van der Waals surface area contributed by atoms with E-state index < -0.39 is 5.97 Å². The molecule has 4 N–H and O–H groups in total. The number of hydrogen-bond donors (Lipinski definition) is 3. The van der Waals surface area contributed by atoms with E-state index in [0.29, 0.717) is 5.69 Å². The summed E-state index contributed by atoms with van der Waals surface area (Å²) in [4.78, 5) is 22.7. The van der Waals surface area contributed by atoms with Crippen LogP contribution in [0.25, 0.3) is 0 Å². The molecule has 0 bridgehead atoms. The van der Waals surface area contributed by atoms with Gasteiger partial charge in [-0.25, -0.2) is 4.79 Å². The molecule has 0 heterocycles. The van der Waals surface area contributed by atoms with Gasteiger partial charge in [-0.3, -0.25) is 4.79 Å². The van der Waals surface area contributed by atoms with Crippen molar-refractivity contribution in [2.24, 2.45) is 11.1 Å². The molecular formula is C14H19ClN2O3. The molecule has 0 aliphatic heterocycles. The Morgan fingerprint density at radius 1 is 1.40 bits per heavy atom. The number of benzene rings is 1. The maximum atomic E-state index is 11.8. The molecule has 1 unspecified atom stereocenters. The maximum Gasteiger partial charge on any atom is 0.337 e. The molecule has 0 aromatic heterocycles. The van der Waals surface area contributed by atoms with Gasteiger partial charge in [0.15, 0.2) is 0 Å². The fraction of sp³-hybridized carbons (Fsp3) is 0.429. The van der Waals surface area contributed by atoms with E-state index in [0.717, 1.165) is 0 Å². The minimum Gasteiger partial charge on any atom is -0.478 e. The summed E-state index contributed by atoms with van der Waals surface area (Å²) in [7, 11) is 0. The highest BCUT2D eigenvalue weighted by atomic mass is 35.5. The lowest BCUT2D eigenvalue weighted by molar-refractivity contribution is -0.117. The summed E-state index contributed by atoms with van der Waals surface area (Å²) in [6.07, 6.45) is 0.182. The second-order valence-electron chi connectivity index (χ2n) is 5.72. The molecular weight excluding hydrogens is 280 g/mol. The van der Waals surface area contributed by atoms with Crippen LogP contribution in [0.15, 0.2) is 18.2 Å². The van der Waals surface area contributed by atoms with E-state index >= 15 is 0 Å². The lowest BCUT2D eigenvalue weighted by Crippen LogP contribution is -2.38. The second kappa shape index (κ2) is 6.24. The predicted molar refractivity (Wildman–Crippen MR) is 79.1 cm³/mol. The summed E-state index contributed by atoms with van der Waals surface area (Å²) in [6.45, 7) is 5.89. The molecule has 0 radical (unpaired) electrons. The predicted octanol–water partition coefficient (Wildman–Crippen LogP) is 2.74. The second-order valence-corrected chi connectivity index (χ2v) is 6.13. The first kappa shape index (κ1) is 16.5. The van der Waals surface area contributed by atoms with Crippen LogP contribution in [-0.4, -0.2) is 23.0 Å². The number of hydrogen-bond acceptors (Lipinski definition) is 3. The number of nitrogens with one attached hydrogen (secondary N) is 1. The molecule has 0 aliphatic rings. The van der Waals surface area contributed by atoms with Crippen molar-refractivity contribution in [3.63, 3.8) is 0 Å². The minimum absolute atomic E-state index is 0.00365. The number of carbonyl (C=O) groups excluding carboxylic acids is 1. The molecule has 0 spiro atoms. The zero-order chi connectivity index (χ0) is 15.5. The summed E-state index contributed by atoms with van der Waals surface area (Å²) >= 11 is 5.83. The Labute approximate surface area is 123 Å². The van der Waals surface area contributed by atoms with E-state index in [9.17, 15) is 9.59 Å². The third-order valence-electron chi connectivity index (χ3n) is 3.00. The number of carbonyl (C=O) groups is 2. The summed E-state index contributed by atoms with van der Waals surface area (Å²) in [5, 5.41) is 11.6. The summed E-state index contributed by atoms with van der Waals surface area (Å²) in [5.41, 5.74) is 6.22. The van der Waals surface area contributed by atoms with Crippen molar-refractivity contribution in [2.75, 3.05) is 5.32 Å². The standard InChI is InChI=1S/C14H19ClN2O3/c1-14(2,3)11(16)7-12(18)17-8-4-5-9(13(19)20)10(15)6-8/h4-6,11H,7,16H2,1-3H3,(H,17,18)(H,19,20). The molecule has 0 aliphatic carbocycles. The molecule has 1 aromatic carbocycles. The Balaban J connectivity index is 2.72. The number of halogens is 1. The van der Waals surface area contributed by atoms with Crippen molar-refractivity contribution < 1.29 is 14.7 Å². The topological polar surface area (TPSA) is 92.4 Å². The number of carboxylic acid groups (broad SMARTS) is 1. The largest absolute Gasteiger partial charge is 0.478 e. The van der Waals surface area contributed by atoms with Crippen LogP contribution < -0.4 is 11.1 Å². The van der Waals surface area contributed by atoms with Crippen molar-refractivity contribution >= 4 is 29.2 Å². The molecule has 1 rings (SSSR count). The van der Waals surface area contributed by atoms with Crippen molar-refractivity contribution in [3.05, 3.63) is 28.8 Å². The monoisotopic (exact) mass is 298 g/mol. The molecule has 5 nitrogen and oxygen atoms in total. The fourth-order valence-electron chi connectivity index (χ4n) is 1.48. The average molecular weight is 299 g/mol. The van der Waals surface area contributed by atoms with Crippen LogP contribution in [0, 0.1) is 5.41 Å². The van der Waals surface area contributed by atoms with Gasteiger partial charge in [-0.15, -0.1) is 0 Å². The third kappa shape index (κ3) is 4.51. The smallest absolute Gasteiger partial charge is 0.337 e. The number of amides is 1.